The largest absolute Gasteiger partial charge is 0.471 e. The summed E-state index contributed by atoms with van der Waals surface area (Å²) in [6, 6.07) is 3.66. The van der Waals surface area contributed by atoms with E-state index < -0.39 is 0 Å². The van der Waals surface area contributed by atoms with Crippen LogP contribution in [-0.2, 0) is 0 Å². The zero-order valence-electron chi connectivity index (χ0n) is 15.0. The Hall–Kier alpha value is -2.64. The first-order chi connectivity index (χ1) is 12.0. The molecule has 0 spiro atoms. The Morgan fingerprint density at radius 2 is 2.12 bits per heavy atom. The Kier molecular flexibility index (Phi) is 4.87. The summed E-state index contributed by atoms with van der Waals surface area (Å²) in [6.07, 6.45) is 1.66. The van der Waals surface area contributed by atoms with Crippen LogP contribution in [0.4, 0.5) is 5.82 Å². The molecule has 8 nitrogen and oxygen atoms in total. The third-order valence-corrected chi connectivity index (χ3v) is 4.28. The van der Waals surface area contributed by atoms with E-state index in [2.05, 4.69) is 15.4 Å². The standard InChI is InChI=1S/C17H23N5O3/c1-11-16(12(2)25-20-11)17(23)22-9-5-6-13(10-22)24-15-8-7-14(18-19-15)21(3)4/h7-8,13H,5-6,9-10H2,1-4H3. The molecule has 1 aliphatic heterocycles. The second-order valence-corrected chi connectivity index (χ2v) is 6.46. The van der Waals surface area contributed by atoms with E-state index in [0.29, 0.717) is 36.0 Å². The van der Waals surface area contributed by atoms with Gasteiger partial charge in [0.15, 0.2) is 5.82 Å². The van der Waals surface area contributed by atoms with E-state index in [9.17, 15) is 4.79 Å². The van der Waals surface area contributed by atoms with Crippen molar-refractivity contribution in [2.75, 3.05) is 32.1 Å². The van der Waals surface area contributed by atoms with Crippen LogP contribution in [0, 0.1) is 13.8 Å². The summed E-state index contributed by atoms with van der Waals surface area (Å²) < 4.78 is 11.0. The maximum Gasteiger partial charge on any atom is 0.259 e. The van der Waals surface area contributed by atoms with Gasteiger partial charge in [0.1, 0.15) is 17.4 Å². The fraction of sp³-hybridized carbons (Fsp3) is 0.529. The number of carbonyl (C=O) groups excluding carboxylic acids is 1. The number of rotatable bonds is 4. The lowest BCUT2D eigenvalue weighted by Gasteiger charge is -2.32. The van der Waals surface area contributed by atoms with Crippen molar-refractivity contribution >= 4 is 11.7 Å². The van der Waals surface area contributed by atoms with Gasteiger partial charge >= 0.3 is 0 Å². The number of amides is 1. The Bertz CT molecular complexity index is 722. The first-order valence-corrected chi connectivity index (χ1v) is 8.35. The van der Waals surface area contributed by atoms with Gasteiger partial charge in [0.25, 0.3) is 5.91 Å². The van der Waals surface area contributed by atoms with Gasteiger partial charge in [0.2, 0.25) is 5.88 Å². The normalized spacial score (nSPS) is 17.4. The molecule has 1 saturated heterocycles. The number of anilines is 1. The molecule has 8 heteroatoms. The van der Waals surface area contributed by atoms with Crippen LogP contribution >= 0.6 is 0 Å². The molecule has 2 aromatic heterocycles. The summed E-state index contributed by atoms with van der Waals surface area (Å²) in [5, 5.41) is 12.1. The molecule has 0 radical (unpaired) electrons. The Labute approximate surface area is 146 Å². The number of hydrogen-bond acceptors (Lipinski definition) is 7. The molecule has 2 aromatic rings. The van der Waals surface area contributed by atoms with E-state index in [1.165, 1.54) is 0 Å². The number of aromatic nitrogens is 3. The van der Waals surface area contributed by atoms with E-state index >= 15 is 0 Å². The van der Waals surface area contributed by atoms with Crippen LogP contribution in [0.15, 0.2) is 16.7 Å². The lowest BCUT2D eigenvalue weighted by atomic mass is 10.1. The van der Waals surface area contributed by atoms with E-state index in [1.54, 1.807) is 24.8 Å². The summed E-state index contributed by atoms with van der Waals surface area (Å²) >= 11 is 0. The van der Waals surface area contributed by atoms with Gasteiger partial charge in [0, 0.05) is 26.7 Å². The molecular weight excluding hydrogens is 322 g/mol. The minimum Gasteiger partial charge on any atom is -0.471 e. The Morgan fingerprint density at radius 1 is 1.32 bits per heavy atom. The molecule has 1 unspecified atom stereocenters. The van der Waals surface area contributed by atoms with Crippen LogP contribution in [0.3, 0.4) is 0 Å². The maximum atomic E-state index is 12.8. The number of carbonyl (C=O) groups is 1. The summed E-state index contributed by atoms with van der Waals surface area (Å²) in [7, 11) is 3.81. The van der Waals surface area contributed by atoms with Crippen LogP contribution in [0.5, 0.6) is 5.88 Å². The molecule has 1 aliphatic rings. The third-order valence-electron chi connectivity index (χ3n) is 4.28. The van der Waals surface area contributed by atoms with Gasteiger partial charge in [0.05, 0.1) is 12.2 Å². The first kappa shape index (κ1) is 17.2. The minimum atomic E-state index is -0.0994. The van der Waals surface area contributed by atoms with E-state index in [1.807, 2.05) is 25.1 Å². The molecular formula is C17H23N5O3. The number of hydrogen-bond donors (Lipinski definition) is 0. The first-order valence-electron chi connectivity index (χ1n) is 8.35. The molecule has 0 aliphatic carbocycles. The van der Waals surface area contributed by atoms with Gasteiger partial charge in [-0.15, -0.1) is 10.2 Å². The number of ether oxygens (including phenoxy) is 1. The van der Waals surface area contributed by atoms with Gasteiger partial charge < -0.3 is 19.1 Å². The second kappa shape index (κ2) is 7.08. The predicted octanol–water partition coefficient (Wildman–Crippen LogP) is 1.83. The van der Waals surface area contributed by atoms with Gasteiger partial charge in [-0.3, -0.25) is 4.79 Å². The topological polar surface area (TPSA) is 84.6 Å². The highest BCUT2D eigenvalue weighted by molar-refractivity contribution is 5.96. The fourth-order valence-electron chi connectivity index (χ4n) is 2.95. The average molecular weight is 345 g/mol. The van der Waals surface area contributed by atoms with Crippen molar-refractivity contribution in [3.63, 3.8) is 0 Å². The highest BCUT2D eigenvalue weighted by Crippen LogP contribution is 2.21. The van der Waals surface area contributed by atoms with Crippen LogP contribution in [-0.4, -0.2) is 59.4 Å². The molecule has 3 rings (SSSR count). The molecule has 3 heterocycles. The van der Waals surface area contributed by atoms with Crippen molar-refractivity contribution in [1.29, 1.82) is 0 Å². The zero-order valence-corrected chi connectivity index (χ0v) is 15.0. The Balaban J connectivity index is 1.66. The van der Waals surface area contributed by atoms with Crippen molar-refractivity contribution in [3.05, 3.63) is 29.2 Å². The lowest BCUT2D eigenvalue weighted by molar-refractivity contribution is 0.0523. The van der Waals surface area contributed by atoms with Crippen molar-refractivity contribution in [2.24, 2.45) is 0 Å². The molecule has 1 amide bonds. The fourth-order valence-corrected chi connectivity index (χ4v) is 2.95. The van der Waals surface area contributed by atoms with E-state index in [0.717, 1.165) is 18.7 Å². The minimum absolute atomic E-state index is 0.0569. The molecule has 25 heavy (non-hydrogen) atoms. The number of aryl methyl sites for hydroxylation is 2. The summed E-state index contributed by atoms with van der Waals surface area (Å²) in [6.45, 7) is 4.75. The summed E-state index contributed by atoms with van der Waals surface area (Å²) in [5.74, 6) is 1.74. The molecule has 1 fully saturated rings. The molecule has 1 atom stereocenters. The quantitative estimate of drug-likeness (QED) is 0.836. The molecule has 134 valence electrons. The van der Waals surface area contributed by atoms with E-state index in [-0.39, 0.29) is 12.0 Å². The number of likely N-dealkylation sites (tertiary alicyclic amines) is 1. The summed E-state index contributed by atoms with van der Waals surface area (Å²) in [4.78, 5) is 16.4. The van der Waals surface area contributed by atoms with Crippen molar-refractivity contribution in [1.82, 2.24) is 20.3 Å². The van der Waals surface area contributed by atoms with Crippen molar-refractivity contribution in [3.8, 4) is 5.88 Å². The van der Waals surface area contributed by atoms with Crippen LogP contribution in [0.25, 0.3) is 0 Å². The van der Waals surface area contributed by atoms with Gasteiger partial charge in [-0.25, -0.2) is 0 Å². The number of piperidine rings is 1. The van der Waals surface area contributed by atoms with Gasteiger partial charge in [-0.1, -0.05) is 5.16 Å². The van der Waals surface area contributed by atoms with Gasteiger partial charge in [-0.05, 0) is 32.8 Å². The smallest absolute Gasteiger partial charge is 0.259 e. The van der Waals surface area contributed by atoms with Crippen LogP contribution in [0.2, 0.25) is 0 Å². The third kappa shape index (κ3) is 3.72. The number of nitrogens with zero attached hydrogens (tertiary/aromatic N) is 5. The molecule has 0 aromatic carbocycles. The lowest BCUT2D eigenvalue weighted by Crippen LogP contribution is -2.44. The Morgan fingerprint density at radius 3 is 2.72 bits per heavy atom. The van der Waals surface area contributed by atoms with Crippen molar-refractivity contribution < 1.29 is 14.1 Å². The van der Waals surface area contributed by atoms with E-state index in [4.69, 9.17) is 9.26 Å². The van der Waals surface area contributed by atoms with Crippen LogP contribution < -0.4 is 9.64 Å². The van der Waals surface area contributed by atoms with Crippen LogP contribution in [0.1, 0.15) is 34.7 Å². The highest BCUT2D eigenvalue weighted by Gasteiger charge is 2.29. The summed E-state index contributed by atoms with van der Waals surface area (Å²) in [5.41, 5.74) is 1.17. The van der Waals surface area contributed by atoms with Gasteiger partial charge in [-0.2, -0.15) is 0 Å². The maximum absolute atomic E-state index is 12.8. The average Bonchev–Trinajstić information content (AvgIpc) is 2.93. The molecule has 0 saturated carbocycles. The highest BCUT2D eigenvalue weighted by atomic mass is 16.5. The second-order valence-electron chi connectivity index (χ2n) is 6.46. The SMILES string of the molecule is Cc1noc(C)c1C(=O)N1CCCC(Oc2ccc(N(C)C)nn2)C1. The molecule has 0 N–H and O–H groups in total. The van der Waals surface area contributed by atoms with Crippen molar-refractivity contribution in [2.45, 2.75) is 32.8 Å². The zero-order chi connectivity index (χ0) is 18.0. The molecule has 0 bridgehead atoms. The monoisotopic (exact) mass is 345 g/mol. The predicted molar refractivity (Wildman–Crippen MR) is 91.9 cm³/mol.